The summed E-state index contributed by atoms with van der Waals surface area (Å²) in [5, 5.41) is 10.1. The summed E-state index contributed by atoms with van der Waals surface area (Å²) in [6.07, 6.45) is 3.18. The molecule has 0 saturated carbocycles. The average Bonchev–Trinajstić information content (AvgIpc) is 2.19. The summed E-state index contributed by atoms with van der Waals surface area (Å²) >= 11 is 0. The van der Waals surface area contributed by atoms with Crippen LogP contribution in [0.3, 0.4) is 0 Å². The Kier molecular flexibility index (Phi) is 3.83. The number of allylic oxidation sites excluding steroid dienone is 1. The van der Waals surface area contributed by atoms with Gasteiger partial charge in [-0.05, 0) is 11.8 Å². The van der Waals surface area contributed by atoms with Gasteiger partial charge in [-0.1, -0.05) is 35.8 Å². The van der Waals surface area contributed by atoms with E-state index in [2.05, 4.69) is 17.4 Å². The summed E-state index contributed by atoms with van der Waals surface area (Å²) in [5.74, 6) is 0. The maximum absolute atomic E-state index is 6.96. The largest absolute Gasteiger partial charge is 0.387 e. The van der Waals surface area contributed by atoms with Crippen LogP contribution in [0.4, 0.5) is 0 Å². The van der Waals surface area contributed by atoms with E-state index in [1.54, 1.807) is 0 Å². The van der Waals surface area contributed by atoms with Crippen molar-refractivity contribution < 1.29 is 0 Å². The molecule has 0 amide bonds. The first-order valence-electron chi connectivity index (χ1n) is 4.27. The van der Waals surface area contributed by atoms with Gasteiger partial charge in [-0.25, -0.2) is 0 Å². The van der Waals surface area contributed by atoms with Crippen molar-refractivity contribution in [2.24, 2.45) is 0 Å². The molecule has 0 spiro atoms. The van der Waals surface area contributed by atoms with Crippen LogP contribution in [0, 0.1) is 5.41 Å². The van der Waals surface area contributed by atoms with Crippen LogP contribution < -0.4 is 5.32 Å². The second-order valence-electron chi connectivity index (χ2n) is 2.90. The lowest BCUT2D eigenvalue weighted by molar-refractivity contribution is 0.869. The molecule has 2 nitrogen and oxygen atoms in total. The zero-order valence-electron chi connectivity index (χ0n) is 7.75. The Bertz CT molecular complexity index is 293. The van der Waals surface area contributed by atoms with E-state index in [4.69, 9.17) is 5.41 Å². The van der Waals surface area contributed by atoms with Crippen molar-refractivity contribution in [3.8, 4) is 0 Å². The highest BCUT2D eigenvalue weighted by atomic mass is 14.8. The third-order valence-corrected chi connectivity index (χ3v) is 1.71. The van der Waals surface area contributed by atoms with Crippen LogP contribution in [0.1, 0.15) is 5.56 Å². The Balaban J connectivity index is 2.40. The quantitative estimate of drug-likeness (QED) is 0.513. The summed E-state index contributed by atoms with van der Waals surface area (Å²) < 4.78 is 0. The summed E-state index contributed by atoms with van der Waals surface area (Å²) in [6, 6.07) is 10.2. The van der Waals surface area contributed by atoms with E-state index in [1.165, 1.54) is 11.8 Å². The van der Waals surface area contributed by atoms with Crippen LogP contribution in [-0.2, 0) is 6.54 Å². The SMILES string of the molecule is B/C(C=N)=C/NCc1ccccc1. The van der Waals surface area contributed by atoms with Gasteiger partial charge in [0.25, 0.3) is 0 Å². The van der Waals surface area contributed by atoms with E-state index in [0.29, 0.717) is 0 Å². The van der Waals surface area contributed by atoms with Gasteiger partial charge in [0.15, 0.2) is 0 Å². The number of hydrogen-bond donors (Lipinski definition) is 2. The molecule has 0 aliphatic heterocycles. The Hall–Kier alpha value is -1.51. The fourth-order valence-corrected chi connectivity index (χ4v) is 0.967. The highest BCUT2D eigenvalue weighted by Crippen LogP contribution is 1.96. The molecule has 0 radical (unpaired) electrons. The zero-order chi connectivity index (χ0) is 9.52. The van der Waals surface area contributed by atoms with Gasteiger partial charge in [0.05, 0.1) is 0 Å². The number of hydrogen-bond acceptors (Lipinski definition) is 2. The van der Waals surface area contributed by atoms with Gasteiger partial charge in [0.2, 0.25) is 0 Å². The number of rotatable bonds is 4. The minimum Gasteiger partial charge on any atom is -0.387 e. The fourth-order valence-electron chi connectivity index (χ4n) is 0.967. The molecule has 0 saturated heterocycles. The molecule has 1 rings (SSSR count). The van der Waals surface area contributed by atoms with E-state index in [-0.39, 0.29) is 0 Å². The molecule has 0 fully saturated rings. The average molecular weight is 172 g/mol. The van der Waals surface area contributed by atoms with Crippen molar-refractivity contribution in [3.63, 3.8) is 0 Å². The van der Waals surface area contributed by atoms with Gasteiger partial charge in [-0.15, -0.1) is 0 Å². The van der Waals surface area contributed by atoms with Crippen LogP contribution >= 0.6 is 0 Å². The maximum atomic E-state index is 6.96. The molecule has 0 aliphatic carbocycles. The zero-order valence-corrected chi connectivity index (χ0v) is 7.75. The first-order valence-corrected chi connectivity index (χ1v) is 4.27. The molecular weight excluding hydrogens is 159 g/mol. The number of benzene rings is 1. The minimum atomic E-state index is 0.812. The van der Waals surface area contributed by atoms with E-state index in [0.717, 1.165) is 12.0 Å². The normalized spacial score (nSPS) is 10.9. The monoisotopic (exact) mass is 172 g/mol. The standard InChI is InChI=1S/C10H13BN2/c11-10(6-12)8-13-7-9-4-2-1-3-5-9/h1-6,8,12-13H,7,11H2/b10-8+,12-6?. The van der Waals surface area contributed by atoms with Crippen molar-refractivity contribution in [3.05, 3.63) is 47.6 Å². The van der Waals surface area contributed by atoms with Crippen LogP contribution in [0.15, 0.2) is 42.0 Å². The summed E-state index contributed by atoms with van der Waals surface area (Å²) in [4.78, 5) is 0. The predicted molar refractivity (Wildman–Crippen MR) is 58.7 cm³/mol. The van der Waals surface area contributed by atoms with E-state index in [9.17, 15) is 0 Å². The molecule has 0 aromatic heterocycles. The molecule has 2 N–H and O–H groups in total. The van der Waals surface area contributed by atoms with Crippen LogP contribution in [0.2, 0.25) is 0 Å². The second-order valence-corrected chi connectivity index (χ2v) is 2.90. The van der Waals surface area contributed by atoms with Gasteiger partial charge in [0.1, 0.15) is 7.85 Å². The molecule has 0 aliphatic rings. The number of nitrogens with one attached hydrogen (secondary N) is 2. The summed E-state index contributed by atoms with van der Waals surface area (Å²) in [6.45, 7) is 0.812. The van der Waals surface area contributed by atoms with Gasteiger partial charge in [0, 0.05) is 12.8 Å². The van der Waals surface area contributed by atoms with Crippen molar-refractivity contribution >= 4 is 14.1 Å². The minimum absolute atomic E-state index is 0.812. The highest BCUT2D eigenvalue weighted by molar-refractivity contribution is 6.32. The molecule has 0 heterocycles. The highest BCUT2D eigenvalue weighted by Gasteiger charge is 1.87. The molecule has 3 heteroatoms. The smallest absolute Gasteiger partial charge is 0.143 e. The van der Waals surface area contributed by atoms with Gasteiger partial charge >= 0.3 is 0 Å². The fraction of sp³-hybridized carbons (Fsp3) is 0.100. The Morgan fingerprint density at radius 2 is 2.08 bits per heavy atom. The van der Waals surface area contributed by atoms with Crippen molar-refractivity contribution in [2.45, 2.75) is 6.54 Å². The molecule has 13 heavy (non-hydrogen) atoms. The molecule has 1 aromatic rings. The Labute approximate surface area is 79.6 Å². The maximum Gasteiger partial charge on any atom is 0.143 e. The lowest BCUT2D eigenvalue weighted by Gasteiger charge is -2.00. The first-order chi connectivity index (χ1) is 6.33. The summed E-state index contributed by atoms with van der Waals surface area (Å²) in [5.41, 5.74) is 2.17. The van der Waals surface area contributed by atoms with Crippen LogP contribution in [0.5, 0.6) is 0 Å². The van der Waals surface area contributed by atoms with Crippen molar-refractivity contribution in [2.75, 3.05) is 0 Å². The van der Waals surface area contributed by atoms with E-state index in [1.807, 2.05) is 32.2 Å². The molecule has 0 bridgehead atoms. The topological polar surface area (TPSA) is 35.9 Å². The Morgan fingerprint density at radius 1 is 1.38 bits per heavy atom. The third kappa shape index (κ3) is 3.60. The van der Waals surface area contributed by atoms with Crippen LogP contribution in [-0.4, -0.2) is 14.1 Å². The van der Waals surface area contributed by atoms with Gasteiger partial charge < -0.3 is 10.7 Å². The molecular formula is C10H13BN2. The van der Waals surface area contributed by atoms with E-state index < -0.39 is 0 Å². The second kappa shape index (κ2) is 5.20. The van der Waals surface area contributed by atoms with E-state index >= 15 is 0 Å². The predicted octanol–water partition coefficient (Wildman–Crippen LogP) is 0.900. The lowest BCUT2D eigenvalue weighted by atomic mass is 9.99. The molecule has 0 unspecified atom stereocenters. The van der Waals surface area contributed by atoms with Gasteiger partial charge in [-0.2, -0.15) is 0 Å². The van der Waals surface area contributed by atoms with Crippen molar-refractivity contribution in [1.29, 1.82) is 5.41 Å². The molecule has 1 aromatic carbocycles. The van der Waals surface area contributed by atoms with Gasteiger partial charge in [-0.3, -0.25) is 0 Å². The first kappa shape index (κ1) is 9.58. The lowest BCUT2D eigenvalue weighted by Crippen LogP contribution is -2.06. The third-order valence-electron chi connectivity index (χ3n) is 1.71. The molecule has 66 valence electrons. The van der Waals surface area contributed by atoms with Crippen LogP contribution in [0.25, 0.3) is 0 Å². The van der Waals surface area contributed by atoms with Crippen molar-refractivity contribution in [1.82, 2.24) is 5.32 Å². The summed E-state index contributed by atoms with van der Waals surface area (Å²) in [7, 11) is 1.89. The molecule has 0 atom stereocenters. The Morgan fingerprint density at radius 3 is 2.69 bits per heavy atom.